The molecule has 0 amide bonds. The summed E-state index contributed by atoms with van der Waals surface area (Å²) < 4.78 is 27.6. The number of rotatable bonds is 5. The highest BCUT2D eigenvalue weighted by molar-refractivity contribution is 7.89. The van der Waals surface area contributed by atoms with E-state index >= 15 is 0 Å². The topological polar surface area (TPSA) is 79.0 Å². The second-order valence-corrected chi connectivity index (χ2v) is 6.11. The minimum Gasteiger partial charge on any atom is -0.337 e. The lowest BCUT2D eigenvalue weighted by Gasteiger charge is -2.19. The van der Waals surface area contributed by atoms with Crippen LogP contribution in [-0.4, -0.2) is 35.4 Å². The van der Waals surface area contributed by atoms with Crippen LogP contribution in [0.3, 0.4) is 0 Å². The molecule has 0 saturated carbocycles. The molecule has 7 heteroatoms. The summed E-state index contributed by atoms with van der Waals surface area (Å²) in [6.45, 7) is 5.70. The molecule has 0 aliphatic carbocycles. The van der Waals surface area contributed by atoms with Crippen LogP contribution in [0, 0.1) is 24.2 Å². The number of imidazole rings is 1. The van der Waals surface area contributed by atoms with Gasteiger partial charge in [0, 0.05) is 26.3 Å². The average molecular weight is 270 g/mol. The Morgan fingerprint density at radius 1 is 1.61 bits per heavy atom. The Bertz CT molecular complexity index is 537. The van der Waals surface area contributed by atoms with E-state index in [0.29, 0.717) is 12.4 Å². The van der Waals surface area contributed by atoms with Crippen LogP contribution < -0.4 is 0 Å². The molecule has 0 N–H and O–H groups in total. The Balaban J connectivity index is 3.08. The molecule has 0 aliphatic heterocycles. The monoisotopic (exact) mass is 270 g/mol. The van der Waals surface area contributed by atoms with Gasteiger partial charge in [-0.05, 0) is 13.8 Å². The van der Waals surface area contributed by atoms with Crippen LogP contribution in [0.4, 0.5) is 0 Å². The number of aromatic nitrogens is 2. The van der Waals surface area contributed by atoms with Gasteiger partial charge in [0.15, 0.2) is 5.03 Å². The molecule has 0 aromatic carbocycles. The lowest BCUT2D eigenvalue weighted by molar-refractivity contribution is 0.398. The predicted molar refractivity (Wildman–Crippen MR) is 67.2 cm³/mol. The lowest BCUT2D eigenvalue weighted by atomic mass is 10.2. The van der Waals surface area contributed by atoms with Gasteiger partial charge in [-0.25, -0.2) is 13.4 Å². The van der Waals surface area contributed by atoms with Crippen LogP contribution in [0.25, 0.3) is 0 Å². The maximum absolute atomic E-state index is 12.3. The van der Waals surface area contributed by atoms with Crippen molar-refractivity contribution in [3.05, 3.63) is 12.0 Å². The highest BCUT2D eigenvalue weighted by Gasteiger charge is 2.27. The van der Waals surface area contributed by atoms with Gasteiger partial charge >= 0.3 is 0 Å². The first kappa shape index (κ1) is 14.7. The Morgan fingerprint density at radius 3 is 2.61 bits per heavy atom. The first-order chi connectivity index (χ1) is 8.32. The zero-order valence-electron chi connectivity index (χ0n) is 11.1. The highest BCUT2D eigenvalue weighted by atomic mass is 32.2. The van der Waals surface area contributed by atoms with Crippen LogP contribution in [0.1, 0.15) is 19.7 Å². The van der Waals surface area contributed by atoms with Gasteiger partial charge in [0.2, 0.25) is 0 Å². The van der Waals surface area contributed by atoms with Crippen molar-refractivity contribution in [2.75, 3.05) is 13.1 Å². The average Bonchev–Trinajstić information content (AvgIpc) is 2.66. The van der Waals surface area contributed by atoms with Crippen molar-refractivity contribution in [2.24, 2.45) is 13.0 Å². The molecule has 1 heterocycles. The normalized spacial score (nSPS) is 13.6. The summed E-state index contributed by atoms with van der Waals surface area (Å²) in [5.41, 5.74) is 0. The number of nitriles is 1. The molecule has 0 radical (unpaired) electrons. The molecule has 1 atom stereocenters. The summed E-state index contributed by atoms with van der Waals surface area (Å²) in [4.78, 5) is 4.03. The van der Waals surface area contributed by atoms with Crippen molar-refractivity contribution in [3.8, 4) is 6.07 Å². The minimum atomic E-state index is -3.61. The zero-order valence-corrected chi connectivity index (χ0v) is 11.9. The van der Waals surface area contributed by atoms with E-state index in [1.165, 1.54) is 10.5 Å². The minimum absolute atomic E-state index is 0.0366. The van der Waals surface area contributed by atoms with E-state index in [-0.39, 0.29) is 17.5 Å². The van der Waals surface area contributed by atoms with Crippen LogP contribution in [-0.2, 0) is 17.1 Å². The van der Waals surface area contributed by atoms with Crippen molar-refractivity contribution in [1.29, 1.82) is 5.26 Å². The quantitative estimate of drug-likeness (QED) is 0.796. The van der Waals surface area contributed by atoms with E-state index in [1.807, 2.05) is 6.07 Å². The largest absolute Gasteiger partial charge is 0.337 e. The van der Waals surface area contributed by atoms with Crippen LogP contribution >= 0.6 is 0 Å². The summed E-state index contributed by atoms with van der Waals surface area (Å²) in [6.07, 6.45) is 1.49. The van der Waals surface area contributed by atoms with Crippen LogP contribution in [0.2, 0.25) is 0 Å². The third kappa shape index (κ3) is 2.89. The Hall–Kier alpha value is -1.39. The summed E-state index contributed by atoms with van der Waals surface area (Å²) in [7, 11) is -1.86. The molecule has 0 spiro atoms. The van der Waals surface area contributed by atoms with Crippen molar-refractivity contribution in [3.63, 3.8) is 0 Å². The number of hydrogen-bond donors (Lipinski definition) is 0. The molecule has 1 aromatic rings. The van der Waals surface area contributed by atoms with Crippen molar-refractivity contribution < 1.29 is 8.42 Å². The van der Waals surface area contributed by atoms with E-state index in [4.69, 9.17) is 5.26 Å². The maximum Gasteiger partial charge on any atom is 0.262 e. The van der Waals surface area contributed by atoms with Crippen LogP contribution in [0.5, 0.6) is 0 Å². The maximum atomic E-state index is 12.3. The number of hydrogen-bond acceptors (Lipinski definition) is 4. The molecule has 1 aromatic heterocycles. The standard InChI is InChI=1S/C11H18N4O2S/c1-5-15(7-9(2)6-12)18(16,17)11-8-14(4)10(3)13-11/h8-9H,5,7H2,1-4H3. The SMILES string of the molecule is CCN(CC(C)C#N)S(=O)(=O)c1cn(C)c(C)n1. The summed E-state index contributed by atoms with van der Waals surface area (Å²) >= 11 is 0. The molecule has 0 aliphatic rings. The molecule has 0 fully saturated rings. The first-order valence-corrected chi connectivity index (χ1v) is 7.16. The molecular weight excluding hydrogens is 252 g/mol. The van der Waals surface area contributed by atoms with Crippen molar-refractivity contribution >= 4 is 10.0 Å². The second kappa shape index (κ2) is 5.50. The lowest BCUT2D eigenvalue weighted by Crippen LogP contribution is -2.34. The van der Waals surface area contributed by atoms with E-state index in [9.17, 15) is 8.42 Å². The summed E-state index contributed by atoms with van der Waals surface area (Å²) in [5.74, 6) is 0.294. The molecule has 0 saturated heterocycles. The van der Waals surface area contributed by atoms with Crippen LogP contribution in [0.15, 0.2) is 11.2 Å². The second-order valence-electron chi connectivity index (χ2n) is 4.22. The molecule has 100 valence electrons. The van der Waals surface area contributed by atoms with E-state index in [2.05, 4.69) is 4.98 Å². The van der Waals surface area contributed by atoms with E-state index in [0.717, 1.165) is 0 Å². The smallest absolute Gasteiger partial charge is 0.262 e. The molecule has 18 heavy (non-hydrogen) atoms. The summed E-state index contributed by atoms with van der Waals surface area (Å²) in [5, 5.41) is 8.81. The van der Waals surface area contributed by atoms with Gasteiger partial charge in [-0.15, -0.1) is 0 Å². The fraction of sp³-hybridized carbons (Fsp3) is 0.636. The third-order valence-corrected chi connectivity index (χ3v) is 4.55. The van der Waals surface area contributed by atoms with Gasteiger partial charge in [-0.1, -0.05) is 6.92 Å². The number of aryl methyl sites for hydroxylation is 2. The van der Waals surface area contributed by atoms with Gasteiger partial charge < -0.3 is 4.57 Å². The van der Waals surface area contributed by atoms with E-state index < -0.39 is 10.0 Å². The van der Waals surface area contributed by atoms with Gasteiger partial charge in [0.25, 0.3) is 10.0 Å². The van der Waals surface area contributed by atoms with Gasteiger partial charge in [-0.2, -0.15) is 9.57 Å². The zero-order chi connectivity index (χ0) is 13.9. The Labute approximate surface area is 108 Å². The Morgan fingerprint density at radius 2 is 2.22 bits per heavy atom. The van der Waals surface area contributed by atoms with Gasteiger partial charge in [0.05, 0.1) is 12.0 Å². The van der Waals surface area contributed by atoms with E-state index in [1.54, 1.807) is 32.4 Å². The fourth-order valence-corrected chi connectivity index (χ4v) is 3.09. The first-order valence-electron chi connectivity index (χ1n) is 5.72. The third-order valence-electron chi connectivity index (χ3n) is 2.74. The Kier molecular flexibility index (Phi) is 4.48. The molecule has 0 bridgehead atoms. The summed E-state index contributed by atoms with van der Waals surface area (Å²) in [6, 6.07) is 2.04. The van der Waals surface area contributed by atoms with Gasteiger partial charge in [0.1, 0.15) is 5.82 Å². The number of sulfonamides is 1. The fourth-order valence-electron chi connectivity index (χ4n) is 1.53. The predicted octanol–water partition coefficient (Wildman–Crippen LogP) is 0.899. The van der Waals surface area contributed by atoms with Gasteiger partial charge in [-0.3, -0.25) is 0 Å². The molecule has 1 unspecified atom stereocenters. The molecule has 6 nitrogen and oxygen atoms in total. The number of nitrogens with zero attached hydrogens (tertiary/aromatic N) is 4. The molecular formula is C11H18N4O2S. The van der Waals surface area contributed by atoms with Crippen molar-refractivity contribution in [1.82, 2.24) is 13.9 Å². The highest BCUT2D eigenvalue weighted by Crippen LogP contribution is 2.15. The molecule has 1 rings (SSSR count). The van der Waals surface area contributed by atoms with Crippen molar-refractivity contribution in [2.45, 2.75) is 25.8 Å².